The fourth-order valence-corrected chi connectivity index (χ4v) is 5.51. The summed E-state index contributed by atoms with van der Waals surface area (Å²) in [5.74, 6) is -0.492. The molecule has 0 bridgehead atoms. The molecule has 1 saturated heterocycles. The quantitative estimate of drug-likeness (QED) is 0.360. The van der Waals surface area contributed by atoms with E-state index in [1.165, 1.54) is 11.3 Å². The third kappa shape index (κ3) is 5.93. The number of hydrogen-bond donors (Lipinski definition) is 0. The zero-order valence-corrected chi connectivity index (χ0v) is 22.0. The Kier molecular flexibility index (Phi) is 7.62. The van der Waals surface area contributed by atoms with E-state index in [1.807, 2.05) is 56.0 Å². The van der Waals surface area contributed by atoms with Crippen molar-refractivity contribution in [1.82, 2.24) is 15.1 Å². The fraction of sp³-hybridized carbons (Fsp3) is 0.462. The van der Waals surface area contributed by atoms with Crippen LogP contribution >= 0.6 is 22.9 Å². The molecule has 1 aromatic carbocycles. The highest BCUT2D eigenvalue weighted by atomic mass is 35.5. The Hall–Kier alpha value is -2.71. The summed E-state index contributed by atoms with van der Waals surface area (Å²) < 4.78 is 11.6. The lowest BCUT2D eigenvalue weighted by atomic mass is 9.97. The van der Waals surface area contributed by atoms with E-state index >= 15 is 0 Å². The molecule has 0 saturated carbocycles. The van der Waals surface area contributed by atoms with Crippen molar-refractivity contribution < 1.29 is 19.1 Å². The minimum atomic E-state index is -0.561. The van der Waals surface area contributed by atoms with Crippen LogP contribution in [0.4, 0.5) is 4.79 Å². The number of likely N-dealkylation sites (tertiary alicyclic amines) is 1. The van der Waals surface area contributed by atoms with E-state index in [9.17, 15) is 9.59 Å². The second-order valence-electron chi connectivity index (χ2n) is 9.60. The number of thiophene rings is 1. The van der Waals surface area contributed by atoms with Gasteiger partial charge in [0.1, 0.15) is 5.60 Å². The van der Waals surface area contributed by atoms with Gasteiger partial charge in [-0.2, -0.15) is 5.10 Å². The van der Waals surface area contributed by atoms with Gasteiger partial charge in [0.15, 0.2) is 5.69 Å². The van der Waals surface area contributed by atoms with Crippen LogP contribution < -0.4 is 0 Å². The van der Waals surface area contributed by atoms with Crippen molar-refractivity contribution in [2.75, 3.05) is 13.2 Å². The maximum Gasteiger partial charge on any atom is 0.410 e. The molecule has 0 radical (unpaired) electrons. The summed E-state index contributed by atoms with van der Waals surface area (Å²) in [5.41, 5.74) is 1.40. The Bertz CT molecular complexity index is 1220. The van der Waals surface area contributed by atoms with E-state index in [0.717, 1.165) is 45.5 Å². The van der Waals surface area contributed by atoms with Gasteiger partial charge in [-0.05, 0) is 70.7 Å². The number of amides is 1. The predicted octanol–water partition coefficient (Wildman–Crippen LogP) is 6.52. The first-order chi connectivity index (χ1) is 16.7. The van der Waals surface area contributed by atoms with E-state index in [1.54, 1.807) is 6.92 Å². The number of hydrogen-bond acceptors (Lipinski definition) is 7. The molecule has 35 heavy (non-hydrogen) atoms. The highest BCUT2D eigenvalue weighted by molar-refractivity contribution is 7.22. The summed E-state index contributed by atoms with van der Waals surface area (Å²) in [6, 6.07) is 9.56. The summed E-state index contributed by atoms with van der Waals surface area (Å²) in [4.78, 5) is 28.3. The van der Waals surface area contributed by atoms with Crippen molar-refractivity contribution in [3.63, 3.8) is 0 Å². The number of piperidine rings is 1. The molecule has 1 fully saturated rings. The van der Waals surface area contributed by atoms with Crippen LogP contribution in [0.25, 0.3) is 20.5 Å². The molecule has 1 amide bonds. The van der Waals surface area contributed by atoms with Crippen LogP contribution in [-0.2, 0) is 15.9 Å². The predicted molar refractivity (Wildman–Crippen MR) is 138 cm³/mol. The molecule has 2 aromatic heterocycles. The summed E-state index contributed by atoms with van der Waals surface area (Å²) in [5, 5.41) is 10.2. The van der Waals surface area contributed by atoms with Crippen molar-refractivity contribution in [2.45, 2.75) is 65.0 Å². The van der Waals surface area contributed by atoms with E-state index < -0.39 is 11.6 Å². The molecule has 9 heteroatoms. The van der Waals surface area contributed by atoms with Crippen LogP contribution in [0, 0.1) is 0 Å². The third-order valence-electron chi connectivity index (χ3n) is 5.81. The lowest BCUT2D eigenvalue weighted by Crippen LogP contribution is -2.47. The van der Waals surface area contributed by atoms with Crippen LogP contribution in [-0.4, -0.2) is 52.0 Å². The van der Waals surface area contributed by atoms with Crippen molar-refractivity contribution in [2.24, 2.45) is 0 Å². The van der Waals surface area contributed by atoms with Gasteiger partial charge in [-0.1, -0.05) is 23.7 Å². The number of fused-ring (bicyclic) bond motifs is 1. The van der Waals surface area contributed by atoms with Gasteiger partial charge in [-0.3, -0.25) is 0 Å². The molecule has 3 heterocycles. The van der Waals surface area contributed by atoms with Gasteiger partial charge in [-0.25, -0.2) is 9.59 Å². The Morgan fingerprint density at radius 1 is 1.17 bits per heavy atom. The van der Waals surface area contributed by atoms with Crippen LogP contribution in [0.15, 0.2) is 30.3 Å². The molecule has 0 aliphatic carbocycles. The SMILES string of the molecule is CCOC(=O)c1nnc(CC2CCCCN2C(=O)OC(C)(C)C)c2cc(-c3ccc(Cl)cc3)sc12. The second-order valence-corrected chi connectivity index (χ2v) is 11.1. The highest BCUT2D eigenvalue weighted by Crippen LogP contribution is 2.37. The number of benzene rings is 1. The summed E-state index contributed by atoms with van der Waals surface area (Å²) in [6.45, 7) is 8.28. The summed E-state index contributed by atoms with van der Waals surface area (Å²) in [7, 11) is 0. The maximum atomic E-state index is 12.9. The molecule has 0 N–H and O–H groups in total. The Labute approximate surface area is 214 Å². The topological polar surface area (TPSA) is 81.6 Å². The zero-order valence-electron chi connectivity index (χ0n) is 20.5. The largest absolute Gasteiger partial charge is 0.461 e. The molecule has 1 unspecified atom stereocenters. The Morgan fingerprint density at radius 2 is 1.91 bits per heavy atom. The van der Waals surface area contributed by atoms with Gasteiger partial charge in [0.2, 0.25) is 0 Å². The number of aromatic nitrogens is 2. The highest BCUT2D eigenvalue weighted by Gasteiger charge is 2.32. The lowest BCUT2D eigenvalue weighted by molar-refractivity contribution is 0.00985. The van der Waals surface area contributed by atoms with Gasteiger partial charge < -0.3 is 14.4 Å². The van der Waals surface area contributed by atoms with Crippen LogP contribution in [0.5, 0.6) is 0 Å². The number of rotatable bonds is 5. The molecule has 1 atom stereocenters. The number of carbonyl (C=O) groups excluding carboxylic acids is 2. The number of nitrogens with zero attached hydrogens (tertiary/aromatic N) is 3. The number of halogens is 1. The van der Waals surface area contributed by atoms with Gasteiger partial charge in [0.25, 0.3) is 0 Å². The number of carbonyl (C=O) groups is 2. The van der Waals surface area contributed by atoms with Gasteiger partial charge in [0.05, 0.1) is 17.0 Å². The molecule has 1 aliphatic rings. The standard InChI is InChI=1S/C26H30ClN3O4S/c1-5-33-24(31)22-23-19(15-21(35-23)16-9-11-17(27)12-10-16)20(28-29-22)14-18-8-6-7-13-30(18)25(32)34-26(2,3)4/h9-12,15,18H,5-8,13-14H2,1-4H3. The Balaban J connectivity index is 1.72. The van der Waals surface area contributed by atoms with Crippen molar-refractivity contribution >= 4 is 45.1 Å². The van der Waals surface area contributed by atoms with E-state index in [-0.39, 0.29) is 24.4 Å². The molecule has 186 valence electrons. The van der Waals surface area contributed by atoms with Crippen LogP contribution in [0.2, 0.25) is 5.02 Å². The number of esters is 1. The minimum absolute atomic E-state index is 0.0524. The van der Waals surface area contributed by atoms with Gasteiger partial charge in [0, 0.05) is 34.3 Å². The molecular formula is C26H30ClN3O4S. The molecule has 3 aromatic rings. The lowest BCUT2D eigenvalue weighted by Gasteiger charge is -2.36. The minimum Gasteiger partial charge on any atom is -0.461 e. The van der Waals surface area contributed by atoms with E-state index in [4.69, 9.17) is 21.1 Å². The van der Waals surface area contributed by atoms with Gasteiger partial charge >= 0.3 is 12.1 Å². The van der Waals surface area contributed by atoms with Crippen molar-refractivity contribution in [3.05, 3.63) is 46.7 Å². The molecule has 1 aliphatic heterocycles. The fourth-order valence-electron chi connectivity index (χ4n) is 4.23. The normalized spacial score (nSPS) is 16.4. The zero-order chi connectivity index (χ0) is 25.2. The number of ether oxygens (including phenoxy) is 2. The van der Waals surface area contributed by atoms with E-state index in [2.05, 4.69) is 10.2 Å². The molecule has 4 rings (SSSR count). The first-order valence-electron chi connectivity index (χ1n) is 11.9. The van der Waals surface area contributed by atoms with Crippen molar-refractivity contribution in [1.29, 1.82) is 0 Å². The smallest absolute Gasteiger partial charge is 0.410 e. The first kappa shape index (κ1) is 25.4. The van der Waals surface area contributed by atoms with Crippen molar-refractivity contribution in [3.8, 4) is 10.4 Å². The summed E-state index contributed by atoms with van der Waals surface area (Å²) >= 11 is 7.55. The second kappa shape index (κ2) is 10.5. The monoisotopic (exact) mass is 515 g/mol. The molecule has 0 spiro atoms. The Morgan fingerprint density at radius 3 is 2.60 bits per heavy atom. The average Bonchev–Trinajstić information content (AvgIpc) is 3.25. The molecule has 7 nitrogen and oxygen atoms in total. The maximum absolute atomic E-state index is 12.9. The average molecular weight is 516 g/mol. The summed E-state index contributed by atoms with van der Waals surface area (Å²) in [6.07, 6.45) is 3.05. The third-order valence-corrected chi connectivity index (χ3v) is 7.25. The van der Waals surface area contributed by atoms with Crippen LogP contribution in [0.1, 0.15) is 63.1 Å². The first-order valence-corrected chi connectivity index (χ1v) is 13.1. The van der Waals surface area contributed by atoms with E-state index in [0.29, 0.717) is 18.0 Å². The van der Waals surface area contributed by atoms with Gasteiger partial charge in [-0.15, -0.1) is 16.4 Å². The van der Waals surface area contributed by atoms with Crippen LogP contribution in [0.3, 0.4) is 0 Å². The molecular weight excluding hydrogens is 486 g/mol.